The molecule has 0 saturated heterocycles. The van der Waals surface area contributed by atoms with Crippen molar-refractivity contribution in [3.63, 3.8) is 0 Å². The van der Waals surface area contributed by atoms with Crippen LogP contribution in [0.5, 0.6) is 0 Å². The zero-order chi connectivity index (χ0) is 14.0. The number of rotatable bonds is 2. The summed E-state index contributed by atoms with van der Waals surface area (Å²) in [5.74, 6) is -3.42. The number of nitrogen functional groups attached to an aromatic ring is 1. The van der Waals surface area contributed by atoms with Crippen LogP contribution in [-0.2, 0) is 0 Å². The van der Waals surface area contributed by atoms with Gasteiger partial charge in [0, 0.05) is 17.8 Å². The van der Waals surface area contributed by atoms with Crippen LogP contribution in [0.2, 0.25) is 0 Å². The Labute approximate surface area is 107 Å². The number of nitrogens with zero attached hydrogens (tertiary/aromatic N) is 1. The van der Waals surface area contributed by atoms with Crippen molar-refractivity contribution < 1.29 is 13.2 Å². The molecular weight excluding hydrogens is 255 g/mol. The number of benzene rings is 2. The molecule has 0 fully saturated rings. The Morgan fingerprint density at radius 3 is 2.32 bits per heavy atom. The Hall–Kier alpha value is -2.68. The second-order valence-corrected chi connectivity index (χ2v) is 3.79. The molecule has 19 heavy (non-hydrogen) atoms. The lowest BCUT2D eigenvalue weighted by Crippen LogP contribution is -1.99. The van der Waals surface area contributed by atoms with Crippen molar-refractivity contribution in [3.05, 3.63) is 53.3 Å². The minimum Gasteiger partial charge on any atom is -0.399 e. The van der Waals surface area contributed by atoms with E-state index in [1.54, 1.807) is 0 Å². The van der Waals surface area contributed by atoms with Gasteiger partial charge < -0.3 is 11.1 Å². The predicted molar refractivity (Wildman–Crippen MR) is 65.2 cm³/mol. The maximum atomic E-state index is 13.5. The average molecular weight is 263 g/mol. The number of nitrogens with two attached hydrogens (primary N) is 1. The molecule has 0 aliphatic rings. The van der Waals surface area contributed by atoms with Crippen LogP contribution in [-0.4, -0.2) is 0 Å². The molecule has 96 valence electrons. The molecule has 6 heteroatoms. The fourth-order valence-electron chi connectivity index (χ4n) is 1.53. The second-order valence-electron chi connectivity index (χ2n) is 3.79. The Morgan fingerprint density at radius 2 is 1.63 bits per heavy atom. The highest BCUT2D eigenvalue weighted by atomic mass is 19.2. The van der Waals surface area contributed by atoms with Crippen LogP contribution in [0.4, 0.5) is 30.2 Å². The smallest absolute Gasteiger partial charge is 0.161 e. The van der Waals surface area contributed by atoms with Gasteiger partial charge in [-0.2, -0.15) is 5.26 Å². The van der Waals surface area contributed by atoms with E-state index in [1.807, 2.05) is 6.07 Å². The number of nitriles is 1. The van der Waals surface area contributed by atoms with Crippen LogP contribution < -0.4 is 11.1 Å². The minimum absolute atomic E-state index is 0.170. The third-order valence-electron chi connectivity index (χ3n) is 2.44. The first-order valence-corrected chi connectivity index (χ1v) is 5.22. The van der Waals surface area contributed by atoms with E-state index in [2.05, 4.69) is 5.32 Å². The van der Waals surface area contributed by atoms with Crippen molar-refractivity contribution in [2.75, 3.05) is 11.1 Å². The van der Waals surface area contributed by atoms with Crippen molar-refractivity contribution in [1.29, 1.82) is 5.26 Å². The topological polar surface area (TPSA) is 61.8 Å². The fourth-order valence-corrected chi connectivity index (χ4v) is 1.53. The molecule has 3 N–H and O–H groups in total. The van der Waals surface area contributed by atoms with Crippen LogP contribution in [0.25, 0.3) is 0 Å². The summed E-state index contributed by atoms with van der Waals surface area (Å²) < 4.78 is 39.3. The van der Waals surface area contributed by atoms with Gasteiger partial charge in [0.1, 0.15) is 11.9 Å². The number of halogens is 3. The number of anilines is 3. The molecule has 2 aromatic rings. The molecule has 3 nitrogen and oxygen atoms in total. The summed E-state index contributed by atoms with van der Waals surface area (Å²) in [5.41, 5.74) is 6.03. The molecule has 2 rings (SSSR count). The molecule has 0 heterocycles. The highest BCUT2D eigenvalue weighted by Crippen LogP contribution is 2.26. The first kappa shape index (κ1) is 12.8. The number of hydrogen-bond donors (Lipinski definition) is 2. The maximum absolute atomic E-state index is 13.5. The van der Waals surface area contributed by atoms with E-state index in [9.17, 15) is 13.2 Å². The van der Waals surface area contributed by atoms with Crippen LogP contribution in [0.15, 0.2) is 30.3 Å². The predicted octanol–water partition coefficient (Wildman–Crippen LogP) is 3.30. The van der Waals surface area contributed by atoms with Gasteiger partial charge in [-0.25, -0.2) is 13.2 Å². The molecule has 0 aromatic heterocycles. The highest BCUT2D eigenvalue weighted by molar-refractivity contribution is 5.69. The molecule has 0 aliphatic carbocycles. The van der Waals surface area contributed by atoms with Crippen molar-refractivity contribution in [1.82, 2.24) is 0 Å². The van der Waals surface area contributed by atoms with Crippen LogP contribution in [0.1, 0.15) is 5.56 Å². The summed E-state index contributed by atoms with van der Waals surface area (Å²) in [6.07, 6.45) is 0. The Morgan fingerprint density at radius 1 is 0.947 bits per heavy atom. The van der Waals surface area contributed by atoms with E-state index in [0.717, 1.165) is 0 Å². The van der Waals surface area contributed by atoms with Crippen molar-refractivity contribution in [3.8, 4) is 6.07 Å². The zero-order valence-electron chi connectivity index (χ0n) is 9.55. The summed E-state index contributed by atoms with van der Waals surface area (Å²) in [7, 11) is 0. The molecule has 0 atom stereocenters. The quantitative estimate of drug-likeness (QED) is 0.645. The lowest BCUT2D eigenvalue weighted by atomic mass is 10.1. The molecule has 0 radical (unpaired) electrons. The molecule has 0 amide bonds. The first-order chi connectivity index (χ1) is 9.01. The van der Waals surface area contributed by atoms with Crippen molar-refractivity contribution in [2.24, 2.45) is 0 Å². The third-order valence-corrected chi connectivity index (χ3v) is 2.44. The molecule has 0 saturated carbocycles. The summed E-state index contributed by atoms with van der Waals surface area (Å²) in [4.78, 5) is 0. The van der Waals surface area contributed by atoms with Crippen LogP contribution >= 0.6 is 0 Å². The Kier molecular flexibility index (Phi) is 3.29. The van der Waals surface area contributed by atoms with Gasteiger partial charge >= 0.3 is 0 Å². The average Bonchev–Trinajstić information content (AvgIpc) is 2.37. The van der Waals surface area contributed by atoms with Crippen LogP contribution in [0, 0.1) is 28.8 Å². The van der Waals surface area contributed by atoms with Gasteiger partial charge in [0.25, 0.3) is 0 Å². The van der Waals surface area contributed by atoms with Gasteiger partial charge in [0.15, 0.2) is 11.6 Å². The fraction of sp³-hybridized carbons (Fsp3) is 0. The molecule has 2 aromatic carbocycles. The van der Waals surface area contributed by atoms with Gasteiger partial charge in [0.05, 0.1) is 16.9 Å². The standard InChI is InChI=1S/C13H8F3N3/c14-9-4-11(16)13(5-10(9)15)19-12-2-1-8(18)3-7(12)6-17/h1-5,19H,18H2. The Bertz CT molecular complexity index is 678. The van der Waals surface area contributed by atoms with E-state index in [-0.39, 0.29) is 16.9 Å². The van der Waals surface area contributed by atoms with Gasteiger partial charge in [-0.15, -0.1) is 0 Å². The minimum atomic E-state index is -1.28. The van der Waals surface area contributed by atoms with Gasteiger partial charge in [0.2, 0.25) is 0 Å². The van der Waals surface area contributed by atoms with E-state index >= 15 is 0 Å². The summed E-state index contributed by atoms with van der Waals surface area (Å²) in [6.45, 7) is 0. The van der Waals surface area contributed by atoms with Gasteiger partial charge in [-0.05, 0) is 18.2 Å². The Balaban J connectivity index is 2.42. The lowest BCUT2D eigenvalue weighted by molar-refractivity contribution is 0.496. The molecule has 0 unspecified atom stereocenters. The number of nitrogens with one attached hydrogen (secondary N) is 1. The monoisotopic (exact) mass is 263 g/mol. The van der Waals surface area contributed by atoms with Crippen molar-refractivity contribution in [2.45, 2.75) is 0 Å². The molecule has 0 aliphatic heterocycles. The van der Waals surface area contributed by atoms with E-state index in [1.165, 1.54) is 18.2 Å². The SMILES string of the molecule is N#Cc1cc(N)ccc1Nc1cc(F)c(F)cc1F. The zero-order valence-corrected chi connectivity index (χ0v) is 9.55. The van der Waals surface area contributed by atoms with E-state index in [0.29, 0.717) is 17.8 Å². The molecule has 0 spiro atoms. The second kappa shape index (κ2) is 4.90. The highest BCUT2D eigenvalue weighted by Gasteiger charge is 2.11. The van der Waals surface area contributed by atoms with Crippen LogP contribution in [0.3, 0.4) is 0 Å². The lowest BCUT2D eigenvalue weighted by Gasteiger charge is -2.10. The van der Waals surface area contributed by atoms with E-state index < -0.39 is 17.5 Å². The van der Waals surface area contributed by atoms with Crippen molar-refractivity contribution >= 4 is 17.1 Å². The summed E-state index contributed by atoms with van der Waals surface area (Å²) >= 11 is 0. The summed E-state index contributed by atoms with van der Waals surface area (Å²) in [5, 5.41) is 11.4. The number of hydrogen-bond acceptors (Lipinski definition) is 3. The van der Waals surface area contributed by atoms with E-state index in [4.69, 9.17) is 11.0 Å². The van der Waals surface area contributed by atoms with Gasteiger partial charge in [-0.1, -0.05) is 0 Å². The maximum Gasteiger partial charge on any atom is 0.161 e. The molecular formula is C13H8F3N3. The third kappa shape index (κ3) is 2.60. The molecule has 0 bridgehead atoms. The largest absolute Gasteiger partial charge is 0.399 e. The van der Waals surface area contributed by atoms with Gasteiger partial charge in [-0.3, -0.25) is 0 Å². The normalized spacial score (nSPS) is 10.0. The summed E-state index contributed by atoms with van der Waals surface area (Å²) in [6, 6.07) is 7.33. The first-order valence-electron chi connectivity index (χ1n) is 5.22.